The number of primary sulfonamides is 1. The number of halogens is 1. The third-order valence-electron chi connectivity index (χ3n) is 1.57. The van der Waals surface area contributed by atoms with Gasteiger partial charge in [0.25, 0.3) is 10.0 Å². The molecule has 2 rings (SSSR count). The second-order valence-electron chi connectivity index (χ2n) is 2.64. The number of rotatable bonds is 1. The Morgan fingerprint density at radius 1 is 1.43 bits per heavy atom. The molecule has 2 N–H and O–H groups in total. The predicted octanol–water partition coefficient (Wildman–Crippen LogP) is 1.24. The van der Waals surface area contributed by atoms with Crippen molar-refractivity contribution in [3.63, 3.8) is 0 Å². The molecule has 0 saturated heterocycles. The van der Waals surface area contributed by atoms with Crippen LogP contribution in [0.15, 0.2) is 32.3 Å². The van der Waals surface area contributed by atoms with Crippen molar-refractivity contribution in [1.82, 2.24) is 4.98 Å². The van der Waals surface area contributed by atoms with E-state index in [1.807, 2.05) is 0 Å². The van der Waals surface area contributed by atoms with Gasteiger partial charge in [-0.05, 0) is 18.2 Å². The first-order chi connectivity index (χ1) is 6.47. The molecule has 0 fully saturated rings. The zero-order valence-electron chi connectivity index (χ0n) is 6.77. The highest BCUT2D eigenvalue weighted by atomic mass is 79.9. The summed E-state index contributed by atoms with van der Waals surface area (Å²) >= 11 is 3.23. The summed E-state index contributed by atoms with van der Waals surface area (Å²) in [5.74, 6) is 0. The van der Waals surface area contributed by atoms with Gasteiger partial charge < -0.3 is 4.42 Å². The fraction of sp³-hybridized carbons (Fsp3) is 0. The molecule has 0 spiro atoms. The minimum Gasteiger partial charge on any atom is -0.427 e. The quantitative estimate of drug-likeness (QED) is 0.849. The zero-order chi connectivity index (χ0) is 10.3. The molecule has 0 radical (unpaired) electrons. The molecule has 7 heteroatoms. The Hall–Kier alpha value is -0.920. The maximum absolute atomic E-state index is 10.9. The van der Waals surface area contributed by atoms with Crippen LogP contribution in [0, 0.1) is 0 Å². The maximum atomic E-state index is 10.9. The highest BCUT2D eigenvalue weighted by Gasteiger charge is 2.16. The molecule has 0 bridgehead atoms. The molecule has 0 amide bonds. The first-order valence-corrected chi connectivity index (χ1v) is 5.89. The summed E-state index contributed by atoms with van der Waals surface area (Å²) < 4.78 is 27.5. The number of oxazole rings is 1. The average molecular weight is 277 g/mol. The van der Waals surface area contributed by atoms with Crippen LogP contribution >= 0.6 is 15.9 Å². The number of hydrogen-bond acceptors (Lipinski definition) is 4. The van der Waals surface area contributed by atoms with E-state index in [0.29, 0.717) is 11.1 Å². The van der Waals surface area contributed by atoms with Gasteiger partial charge in [0.1, 0.15) is 5.52 Å². The third kappa shape index (κ3) is 1.66. The highest BCUT2D eigenvalue weighted by molar-refractivity contribution is 9.10. The molecular weight excluding hydrogens is 272 g/mol. The second kappa shape index (κ2) is 3.04. The summed E-state index contributed by atoms with van der Waals surface area (Å²) in [6.45, 7) is 0. The van der Waals surface area contributed by atoms with Crippen LogP contribution in [0.2, 0.25) is 0 Å². The van der Waals surface area contributed by atoms with Crippen LogP contribution in [0.1, 0.15) is 0 Å². The first kappa shape index (κ1) is 9.63. The minimum absolute atomic E-state index is 0.386. The van der Waals surface area contributed by atoms with Gasteiger partial charge in [-0.2, -0.15) is 4.98 Å². The van der Waals surface area contributed by atoms with E-state index < -0.39 is 15.2 Å². The van der Waals surface area contributed by atoms with Crippen molar-refractivity contribution in [3.8, 4) is 0 Å². The van der Waals surface area contributed by atoms with Gasteiger partial charge in [-0.3, -0.25) is 0 Å². The SMILES string of the molecule is NS(=O)(=O)c1nc2cc(Br)ccc2o1. The summed E-state index contributed by atoms with van der Waals surface area (Å²) in [5, 5.41) is 4.40. The Kier molecular flexibility index (Phi) is 2.09. The number of nitrogens with zero attached hydrogens (tertiary/aromatic N) is 1. The lowest BCUT2D eigenvalue weighted by Crippen LogP contribution is -2.12. The van der Waals surface area contributed by atoms with Gasteiger partial charge in [0.15, 0.2) is 5.58 Å². The average Bonchev–Trinajstić information content (AvgIpc) is 2.45. The number of sulfonamides is 1. The van der Waals surface area contributed by atoms with Gasteiger partial charge in [-0.25, -0.2) is 13.6 Å². The molecule has 2 aromatic rings. The Bertz CT molecular complexity index is 590. The Morgan fingerprint density at radius 3 is 2.79 bits per heavy atom. The molecular formula is C7H5BrN2O3S. The standard InChI is InChI=1S/C7H5BrN2O3S/c8-4-1-2-6-5(3-4)10-7(13-6)14(9,11)12/h1-3H,(H2,9,11,12). The fourth-order valence-corrected chi connectivity index (χ4v) is 1.78. The lowest BCUT2D eigenvalue weighted by Gasteiger charge is -1.86. The Labute approximate surface area is 88.1 Å². The molecule has 0 saturated carbocycles. The van der Waals surface area contributed by atoms with Gasteiger partial charge in [0.05, 0.1) is 0 Å². The van der Waals surface area contributed by atoms with Crippen molar-refractivity contribution in [2.45, 2.75) is 5.22 Å². The van der Waals surface area contributed by atoms with E-state index in [2.05, 4.69) is 20.9 Å². The number of benzene rings is 1. The van der Waals surface area contributed by atoms with E-state index in [1.54, 1.807) is 18.2 Å². The van der Waals surface area contributed by atoms with E-state index in [9.17, 15) is 8.42 Å². The third-order valence-corrected chi connectivity index (χ3v) is 2.73. The molecule has 0 aliphatic rings. The topological polar surface area (TPSA) is 86.2 Å². The van der Waals surface area contributed by atoms with Gasteiger partial charge >= 0.3 is 5.22 Å². The molecule has 0 unspecified atom stereocenters. The van der Waals surface area contributed by atoms with Gasteiger partial charge in [-0.1, -0.05) is 15.9 Å². The van der Waals surface area contributed by atoms with Crippen LogP contribution in [0.3, 0.4) is 0 Å². The molecule has 5 nitrogen and oxygen atoms in total. The van der Waals surface area contributed by atoms with E-state index in [4.69, 9.17) is 9.56 Å². The van der Waals surface area contributed by atoms with E-state index in [-0.39, 0.29) is 0 Å². The molecule has 1 aromatic carbocycles. The van der Waals surface area contributed by atoms with Gasteiger partial charge in [-0.15, -0.1) is 0 Å². The summed E-state index contributed by atoms with van der Waals surface area (Å²) in [6.07, 6.45) is 0. The molecule has 0 aliphatic heterocycles. The van der Waals surface area contributed by atoms with Crippen LogP contribution in [0.25, 0.3) is 11.1 Å². The summed E-state index contributed by atoms with van der Waals surface area (Å²) in [6, 6.07) is 4.98. The fourth-order valence-electron chi connectivity index (χ4n) is 1.00. The van der Waals surface area contributed by atoms with Crippen LogP contribution in [0.4, 0.5) is 0 Å². The number of fused-ring (bicyclic) bond motifs is 1. The molecule has 0 aliphatic carbocycles. The minimum atomic E-state index is -3.87. The predicted molar refractivity (Wildman–Crippen MR) is 53.1 cm³/mol. The lowest BCUT2D eigenvalue weighted by atomic mass is 10.3. The zero-order valence-corrected chi connectivity index (χ0v) is 9.17. The summed E-state index contributed by atoms with van der Waals surface area (Å²) in [7, 11) is -3.87. The van der Waals surface area contributed by atoms with Crippen molar-refractivity contribution < 1.29 is 12.8 Å². The molecule has 14 heavy (non-hydrogen) atoms. The van der Waals surface area contributed by atoms with Crippen molar-refractivity contribution in [2.75, 3.05) is 0 Å². The second-order valence-corrected chi connectivity index (χ2v) is 4.99. The van der Waals surface area contributed by atoms with E-state index in [0.717, 1.165) is 4.47 Å². The molecule has 74 valence electrons. The van der Waals surface area contributed by atoms with Crippen LogP contribution in [-0.2, 0) is 10.0 Å². The van der Waals surface area contributed by atoms with E-state index in [1.165, 1.54) is 0 Å². The monoisotopic (exact) mass is 276 g/mol. The highest BCUT2D eigenvalue weighted by Crippen LogP contribution is 2.21. The molecule has 1 heterocycles. The number of hydrogen-bond donors (Lipinski definition) is 1. The van der Waals surface area contributed by atoms with Crippen molar-refractivity contribution >= 4 is 37.1 Å². The van der Waals surface area contributed by atoms with Crippen LogP contribution in [0.5, 0.6) is 0 Å². The van der Waals surface area contributed by atoms with Crippen molar-refractivity contribution in [3.05, 3.63) is 22.7 Å². The largest absolute Gasteiger partial charge is 0.427 e. The maximum Gasteiger partial charge on any atom is 0.331 e. The van der Waals surface area contributed by atoms with Crippen molar-refractivity contribution in [2.24, 2.45) is 5.14 Å². The number of aromatic nitrogens is 1. The summed E-state index contributed by atoms with van der Waals surface area (Å²) in [4.78, 5) is 3.74. The van der Waals surface area contributed by atoms with Crippen LogP contribution in [-0.4, -0.2) is 13.4 Å². The summed E-state index contributed by atoms with van der Waals surface area (Å²) in [5.41, 5.74) is 0.834. The van der Waals surface area contributed by atoms with Crippen molar-refractivity contribution in [1.29, 1.82) is 0 Å². The normalized spacial score (nSPS) is 12.1. The smallest absolute Gasteiger partial charge is 0.331 e. The Morgan fingerprint density at radius 2 is 2.14 bits per heavy atom. The van der Waals surface area contributed by atoms with E-state index >= 15 is 0 Å². The first-order valence-electron chi connectivity index (χ1n) is 3.56. The molecule has 0 atom stereocenters. The van der Waals surface area contributed by atoms with Gasteiger partial charge in [0, 0.05) is 4.47 Å². The Balaban J connectivity index is 2.75. The number of nitrogens with two attached hydrogens (primary N) is 1. The van der Waals surface area contributed by atoms with Gasteiger partial charge in [0.2, 0.25) is 0 Å². The molecule has 1 aromatic heterocycles. The van der Waals surface area contributed by atoms with Crippen LogP contribution < -0.4 is 5.14 Å². The lowest BCUT2D eigenvalue weighted by molar-refractivity contribution is 0.459.